The first-order valence-corrected chi connectivity index (χ1v) is 6.46. The third-order valence-corrected chi connectivity index (χ3v) is 3.27. The Hall–Kier alpha value is -1.23. The van der Waals surface area contributed by atoms with Crippen molar-refractivity contribution in [2.75, 3.05) is 6.61 Å². The molecule has 5 heteroatoms. The van der Waals surface area contributed by atoms with Crippen LogP contribution in [0.4, 0.5) is 13.2 Å². The second kappa shape index (κ2) is 5.82. The van der Waals surface area contributed by atoms with Crippen molar-refractivity contribution < 1.29 is 23.0 Å². The molecule has 0 aromatic heterocycles. The van der Waals surface area contributed by atoms with Gasteiger partial charge in [-0.1, -0.05) is 6.07 Å². The van der Waals surface area contributed by atoms with Crippen molar-refractivity contribution in [1.29, 1.82) is 0 Å². The molecule has 1 N–H and O–H groups in total. The zero-order valence-electron chi connectivity index (χ0n) is 10.5. The van der Waals surface area contributed by atoms with Gasteiger partial charge in [0.1, 0.15) is 5.75 Å². The quantitative estimate of drug-likeness (QED) is 0.847. The number of fused-ring (bicyclic) bond motifs is 1. The van der Waals surface area contributed by atoms with E-state index < -0.39 is 18.7 Å². The summed E-state index contributed by atoms with van der Waals surface area (Å²) in [5.74, 6) is 0.530. The van der Waals surface area contributed by atoms with Crippen LogP contribution in [0.2, 0.25) is 0 Å². The van der Waals surface area contributed by atoms with E-state index in [9.17, 15) is 18.3 Å². The van der Waals surface area contributed by atoms with Crippen LogP contribution in [0, 0.1) is 0 Å². The Labute approximate surface area is 110 Å². The Morgan fingerprint density at radius 1 is 1.32 bits per heavy atom. The minimum absolute atomic E-state index is 0.0361. The minimum atomic E-state index is -4.13. The molecule has 0 saturated carbocycles. The second-order valence-corrected chi connectivity index (χ2v) is 4.84. The summed E-state index contributed by atoms with van der Waals surface area (Å²) in [6, 6.07) is 5.38. The van der Waals surface area contributed by atoms with E-state index >= 15 is 0 Å². The molecule has 0 heterocycles. The topological polar surface area (TPSA) is 29.5 Å². The van der Waals surface area contributed by atoms with Gasteiger partial charge in [0, 0.05) is 6.42 Å². The van der Waals surface area contributed by atoms with Gasteiger partial charge >= 0.3 is 6.18 Å². The molecule has 106 valence electrons. The fourth-order valence-corrected chi connectivity index (χ4v) is 2.30. The Bertz CT molecular complexity index is 429. The lowest BCUT2D eigenvalue weighted by molar-refractivity contribution is -0.136. The summed E-state index contributed by atoms with van der Waals surface area (Å²) in [6.07, 6.45) is -2.88. The molecule has 19 heavy (non-hydrogen) atoms. The van der Waals surface area contributed by atoms with Crippen molar-refractivity contribution in [3.05, 3.63) is 29.3 Å². The largest absolute Gasteiger partial charge is 0.494 e. The van der Waals surface area contributed by atoms with Gasteiger partial charge in [0.2, 0.25) is 0 Å². The van der Waals surface area contributed by atoms with Gasteiger partial charge in [0.25, 0.3) is 0 Å². The number of aliphatic hydroxyl groups excluding tert-OH is 1. The van der Waals surface area contributed by atoms with E-state index in [1.54, 1.807) is 12.1 Å². The molecule has 0 fully saturated rings. The fourth-order valence-electron chi connectivity index (χ4n) is 2.30. The molecule has 0 saturated heterocycles. The molecule has 2 rings (SSSR count). The Morgan fingerprint density at radius 2 is 2.11 bits per heavy atom. The maximum Gasteiger partial charge on any atom is 0.389 e. The van der Waals surface area contributed by atoms with Crippen LogP contribution in [0.3, 0.4) is 0 Å². The van der Waals surface area contributed by atoms with Gasteiger partial charge in [-0.2, -0.15) is 13.2 Å². The Kier molecular flexibility index (Phi) is 4.34. The van der Waals surface area contributed by atoms with Gasteiger partial charge in [0.05, 0.1) is 12.7 Å². The normalized spacial score (nSPS) is 19.1. The van der Waals surface area contributed by atoms with Crippen molar-refractivity contribution in [2.45, 2.75) is 44.4 Å². The zero-order valence-corrected chi connectivity index (χ0v) is 10.5. The average molecular weight is 274 g/mol. The van der Waals surface area contributed by atoms with E-state index in [0.717, 1.165) is 30.4 Å². The molecule has 0 radical (unpaired) electrons. The number of hydrogen-bond donors (Lipinski definition) is 1. The van der Waals surface area contributed by atoms with Crippen molar-refractivity contribution in [2.24, 2.45) is 0 Å². The van der Waals surface area contributed by atoms with Crippen LogP contribution < -0.4 is 4.74 Å². The van der Waals surface area contributed by atoms with Gasteiger partial charge in [-0.3, -0.25) is 0 Å². The number of benzene rings is 1. The van der Waals surface area contributed by atoms with Crippen molar-refractivity contribution in [3.63, 3.8) is 0 Å². The molecule has 0 amide bonds. The highest BCUT2D eigenvalue weighted by molar-refractivity contribution is 5.38. The van der Waals surface area contributed by atoms with Crippen LogP contribution >= 0.6 is 0 Å². The molecule has 0 aliphatic heterocycles. The van der Waals surface area contributed by atoms with Crippen LogP contribution in [-0.2, 0) is 6.42 Å². The molecule has 1 aliphatic rings. The third-order valence-electron chi connectivity index (χ3n) is 3.27. The van der Waals surface area contributed by atoms with Gasteiger partial charge in [-0.15, -0.1) is 0 Å². The van der Waals surface area contributed by atoms with Gasteiger partial charge in [-0.25, -0.2) is 0 Å². The lowest BCUT2D eigenvalue weighted by atomic mass is 9.89. The summed E-state index contributed by atoms with van der Waals surface area (Å²) >= 11 is 0. The smallest absolute Gasteiger partial charge is 0.389 e. The van der Waals surface area contributed by atoms with E-state index in [4.69, 9.17) is 4.74 Å². The molecular weight excluding hydrogens is 257 g/mol. The third kappa shape index (κ3) is 4.13. The predicted octanol–water partition coefficient (Wildman–Crippen LogP) is 3.78. The number of ether oxygens (including phenoxy) is 1. The van der Waals surface area contributed by atoms with Crippen LogP contribution in [0.1, 0.15) is 42.9 Å². The predicted molar refractivity (Wildman–Crippen MR) is 65.1 cm³/mol. The fraction of sp³-hybridized carbons (Fsp3) is 0.571. The van der Waals surface area contributed by atoms with Crippen molar-refractivity contribution >= 4 is 0 Å². The first-order chi connectivity index (χ1) is 8.96. The highest BCUT2D eigenvalue weighted by Crippen LogP contribution is 2.32. The lowest BCUT2D eigenvalue weighted by Crippen LogP contribution is -2.11. The molecule has 0 bridgehead atoms. The molecular formula is C14H17F3O2. The number of aryl methyl sites for hydroxylation is 1. The number of alkyl halides is 3. The molecule has 1 aromatic carbocycles. The monoisotopic (exact) mass is 274 g/mol. The number of aliphatic hydroxyl groups is 1. The average Bonchev–Trinajstić information content (AvgIpc) is 2.34. The summed E-state index contributed by atoms with van der Waals surface area (Å²) in [5.41, 5.74) is 1.95. The maximum atomic E-state index is 12.0. The first-order valence-electron chi connectivity index (χ1n) is 6.46. The Balaban J connectivity index is 1.89. The number of rotatable bonds is 4. The zero-order chi connectivity index (χ0) is 13.9. The maximum absolute atomic E-state index is 12.0. The molecule has 1 aromatic rings. The summed E-state index contributed by atoms with van der Waals surface area (Å²) in [7, 11) is 0. The number of halogens is 3. The molecule has 0 unspecified atom stereocenters. The van der Waals surface area contributed by atoms with E-state index in [1.165, 1.54) is 0 Å². The summed E-state index contributed by atoms with van der Waals surface area (Å²) < 4.78 is 41.2. The van der Waals surface area contributed by atoms with Crippen LogP contribution in [-0.4, -0.2) is 17.9 Å². The lowest BCUT2D eigenvalue weighted by Gasteiger charge is -2.22. The minimum Gasteiger partial charge on any atom is -0.494 e. The van der Waals surface area contributed by atoms with Crippen LogP contribution in [0.25, 0.3) is 0 Å². The van der Waals surface area contributed by atoms with Crippen LogP contribution in [0.15, 0.2) is 18.2 Å². The molecule has 1 aliphatic carbocycles. The first kappa shape index (κ1) is 14.2. The molecule has 2 nitrogen and oxygen atoms in total. The van der Waals surface area contributed by atoms with Gasteiger partial charge in [-0.05, 0) is 48.9 Å². The van der Waals surface area contributed by atoms with Crippen molar-refractivity contribution in [3.8, 4) is 5.75 Å². The highest BCUT2D eigenvalue weighted by atomic mass is 19.4. The van der Waals surface area contributed by atoms with E-state index in [-0.39, 0.29) is 13.0 Å². The van der Waals surface area contributed by atoms with E-state index in [0.29, 0.717) is 5.75 Å². The number of hydrogen-bond acceptors (Lipinski definition) is 2. The van der Waals surface area contributed by atoms with Crippen LogP contribution in [0.5, 0.6) is 5.75 Å². The highest BCUT2D eigenvalue weighted by Gasteiger charge is 2.26. The Morgan fingerprint density at radius 3 is 2.84 bits per heavy atom. The van der Waals surface area contributed by atoms with Gasteiger partial charge in [0.15, 0.2) is 0 Å². The van der Waals surface area contributed by atoms with Gasteiger partial charge < -0.3 is 9.84 Å². The SMILES string of the molecule is O[C@@H]1CCCc2ccc(OCCCC(F)(F)F)cc21. The summed E-state index contributed by atoms with van der Waals surface area (Å²) in [5, 5.41) is 9.86. The molecule has 1 atom stereocenters. The van der Waals surface area contributed by atoms with Crippen molar-refractivity contribution in [1.82, 2.24) is 0 Å². The van der Waals surface area contributed by atoms with E-state index in [1.807, 2.05) is 6.07 Å². The van der Waals surface area contributed by atoms with E-state index in [2.05, 4.69) is 0 Å². The summed E-state index contributed by atoms with van der Waals surface area (Å²) in [6.45, 7) is 0.0361. The molecule has 0 spiro atoms. The summed E-state index contributed by atoms with van der Waals surface area (Å²) in [4.78, 5) is 0. The second-order valence-electron chi connectivity index (χ2n) is 4.84. The standard InChI is InChI=1S/C14H17F3O2/c15-14(16,17)7-2-8-19-11-6-5-10-3-1-4-13(18)12(10)9-11/h5-6,9,13,18H,1-4,7-8H2/t13-/m1/s1.